The fourth-order valence-electron chi connectivity index (χ4n) is 5.35. The lowest BCUT2D eigenvalue weighted by molar-refractivity contribution is -0.141. The minimum Gasteiger partial charge on any atom is -0.378 e. The van der Waals surface area contributed by atoms with Gasteiger partial charge in [0, 0.05) is 45.0 Å². The van der Waals surface area contributed by atoms with E-state index >= 15 is 0 Å². The van der Waals surface area contributed by atoms with Crippen molar-refractivity contribution in [3.63, 3.8) is 0 Å². The highest BCUT2D eigenvalue weighted by Gasteiger charge is 2.44. The van der Waals surface area contributed by atoms with Crippen molar-refractivity contribution in [1.82, 2.24) is 9.80 Å². The number of nitrogens with zero attached hydrogens (tertiary/aromatic N) is 3. The van der Waals surface area contributed by atoms with Gasteiger partial charge < -0.3 is 14.5 Å². The van der Waals surface area contributed by atoms with E-state index in [1.807, 2.05) is 23.1 Å². The van der Waals surface area contributed by atoms with Gasteiger partial charge in [0.15, 0.2) is 0 Å². The normalized spacial score (nSPS) is 23.7. The van der Waals surface area contributed by atoms with Crippen molar-refractivity contribution < 1.29 is 22.7 Å². The number of fused-ring (bicyclic) bond motifs is 3. The molecule has 2 aromatic rings. The van der Waals surface area contributed by atoms with Gasteiger partial charge in [0.1, 0.15) is 0 Å². The molecule has 5 nitrogen and oxygen atoms in total. The molecule has 0 radical (unpaired) electrons. The topological polar surface area (TPSA) is 36.0 Å². The highest BCUT2D eigenvalue weighted by molar-refractivity contribution is 5.82. The SMILES string of the molecule is O=C([C@@H]1Cc2cc(C(F)(F)F)ccc2N2CCN(Cc3ccccc3)C[C@H]12)N1CCOCC1. The van der Waals surface area contributed by atoms with Crippen molar-refractivity contribution in [2.24, 2.45) is 5.92 Å². The van der Waals surface area contributed by atoms with Crippen LogP contribution in [0.2, 0.25) is 0 Å². The Balaban J connectivity index is 1.44. The lowest BCUT2D eigenvalue weighted by atomic mass is 9.82. The number of carbonyl (C=O) groups excluding carboxylic acids is 1. The summed E-state index contributed by atoms with van der Waals surface area (Å²) in [4.78, 5) is 19.9. The minimum atomic E-state index is -4.40. The van der Waals surface area contributed by atoms with E-state index in [4.69, 9.17) is 4.74 Å². The van der Waals surface area contributed by atoms with Crippen LogP contribution in [0.1, 0.15) is 16.7 Å². The zero-order chi connectivity index (χ0) is 23.0. The number of ether oxygens (including phenoxy) is 1. The fourth-order valence-corrected chi connectivity index (χ4v) is 5.35. The molecule has 0 spiro atoms. The van der Waals surface area contributed by atoms with Gasteiger partial charge in [0.2, 0.25) is 5.91 Å². The number of alkyl halides is 3. The van der Waals surface area contributed by atoms with Crippen LogP contribution in [0, 0.1) is 5.92 Å². The second-order valence-corrected chi connectivity index (χ2v) is 9.07. The first-order valence-electron chi connectivity index (χ1n) is 11.5. The smallest absolute Gasteiger partial charge is 0.378 e. The van der Waals surface area contributed by atoms with Crippen molar-refractivity contribution in [2.45, 2.75) is 25.2 Å². The van der Waals surface area contributed by atoms with E-state index in [2.05, 4.69) is 21.9 Å². The molecule has 2 atom stereocenters. The van der Waals surface area contributed by atoms with Gasteiger partial charge in [-0.1, -0.05) is 30.3 Å². The molecule has 8 heteroatoms. The van der Waals surface area contributed by atoms with E-state index in [-0.39, 0.29) is 17.9 Å². The predicted molar refractivity (Wildman–Crippen MR) is 119 cm³/mol. The Morgan fingerprint density at radius 3 is 2.48 bits per heavy atom. The molecule has 0 aromatic heterocycles. The molecule has 3 heterocycles. The number of piperazine rings is 1. The number of halogens is 3. The molecule has 3 aliphatic heterocycles. The molecular formula is C25H28F3N3O2. The predicted octanol–water partition coefficient (Wildman–Crippen LogP) is 3.43. The van der Waals surface area contributed by atoms with Gasteiger partial charge in [-0.05, 0) is 35.7 Å². The number of carbonyl (C=O) groups is 1. The van der Waals surface area contributed by atoms with Crippen molar-refractivity contribution in [2.75, 3.05) is 50.8 Å². The van der Waals surface area contributed by atoms with E-state index in [1.165, 1.54) is 11.6 Å². The molecule has 33 heavy (non-hydrogen) atoms. The van der Waals surface area contributed by atoms with Crippen LogP contribution >= 0.6 is 0 Å². The van der Waals surface area contributed by atoms with Crippen LogP contribution in [0.15, 0.2) is 48.5 Å². The van der Waals surface area contributed by atoms with Gasteiger partial charge in [-0.3, -0.25) is 9.69 Å². The Morgan fingerprint density at radius 1 is 1.00 bits per heavy atom. The summed E-state index contributed by atoms with van der Waals surface area (Å²) in [6.07, 6.45) is -4.07. The van der Waals surface area contributed by atoms with Crippen LogP contribution in [-0.4, -0.2) is 67.7 Å². The van der Waals surface area contributed by atoms with E-state index in [0.29, 0.717) is 51.4 Å². The van der Waals surface area contributed by atoms with Crippen LogP contribution in [0.4, 0.5) is 18.9 Å². The third-order valence-corrected chi connectivity index (χ3v) is 7.01. The molecule has 2 fully saturated rings. The van der Waals surface area contributed by atoms with Crippen LogP contribution in [0.25, 0.3) is 0 Å². The summed E-state index contributed by atoms with van der Waals surface area (Å²) in [7, 11) is 0. The van der Waals surface area contributed by atoms with Gasteiger partial charge in [-0.15, -0.1) is 0 Å². The third-order valence-electron chi connectivity index (χ3n) is 7.01. The molecule has 0 N–H and O–H groups in total. The Bertz CT molecular complexity index is 992. The molecule has 5 rings (SSSR count). The van der Waals surface area contributed by atoms with Crippen molar-refractivity contribution in [3.05, 3.63) is 65.2 Å². The van der Waals surface area contributed by atoms with E-state index in [9.17, 15) is 18.0 Å². The van der Waals surface area contributed by atoms with Crippen molar-refractivity contribution in [3.8, 4) is 0 Å². The molecule has 176 valence electrons. The zero-order valence-electron chi connectivity index (χ0n) is 18.4. The Morgan fingerprint density at radius 2 is 1.76 bits per heavy atom. The van der Waals surface area contributed by atoms with Gasteiger partial charge in [0.05, 0.1) is 30.7 Å². The van der Waals surface area contributed by atoms with E-state index in [1.54, 1.807) is 6.07 Å². The Kier molecular flexibility index (Phi) is 6.05. The standard InChI is InChI=1S/C25H28F3N3O2/c26-25(27,28)20-6-7-22-19(14-20)15-21(24(32)30-10-12-33-13-11-30)23-17-29(8-9-31(22)23)16-18-4-2-1-3-5-18/h1-7,14,21,23H,8-13,15-17H2/t21-,23-/m1/s1. The minimum absolute atomic E-state index is 0.0259. The second kappa shape index (κ2) is 8.99. The van der Waals surface area contributed by atoms with Gasteiger partial charge >= 0.3 is 6.18 Å². The number of amides is 1. The zero-order valence-corrected chi connectivity index (χ0v) is 18.4. The summed E-state index contributed by atoms with van der Waals surface area (Å²) in [6.45, 7) is 5.05. The fraction of sp³-hybridized carbons (Fsp3) is 0.480. The number of anilines is 1. The van der Waals surface area contributed by atoms with Crippen molar-refractivity contribution >= 4 is 11.6 Å². The maximum Gasteiger partial charge on any atom is 0.416 e. The number of hydrogen-bond donors (Lipinski definition) is 0. The van der Waals surface area contributed by atoms with Crippen molar-refractivity contribution in [1.29, 1.82) is 0 Å². The lowest BCUT2D eigenvalue weighted by Crippen LogP contribution is -2.61. The van der Waals surface area contributed by atoms with Crippen LogP contribution < -0.4 is 4.90 Å². The molecule has 2 saturated heterocycles. The monoisotopic (exact) mass is 459 g/mol. The lowest BCUT2D eigenvalue weighted by Gasteiger charge is -2.50. The Labute approximate surface area is 191 Å². The molecule has 0 bridgehead atoms. The number of rotatable bonds is 3. The third kappa shape index (κ3) is 4.59. The summed E-state index contributed by atoms with van der Waals surface area (Å²) >= 11 is 0. The number of hydrogen-bond acceptors (Lipinski definition) is 4. The maximum absolute atomic E-state index is 13.6. The average molecular weight is 460 g/mol. The summed E-state index contributed by atoms with van der Waals surface area (Å²) in [5.41, 5.74) is 2.01. The Hall–Kier alpha value is -2.58. The first kappa shape index (κ1) is 22.2. The summed E-state index contributed by atoms with van der Waals surface area (Å²) in [5.74, 6) is -0.351. The highest BCUT2D eigenvalue weighted by atomic mass is 19.4. The largest absolute Gasteiger partial charge is 0.416 e. The summed E-state index contributed by atoms with van der Waals surface area (Å²) in [5, 5.41) is 0. The molecule has 0 saturated carbocycles. The van der Waals surface area contributed by atoms with E-state index < -0.39 is 11.7 Å². The first-order chi connectivity index (χ1) is 15.9. The summed E-state index contributed by atoms with van der Waals surface area (Å²) in [6, 6.07) is 14.1. The van der Waals surface area contributed by atoms with Gasteiger partial charge in [-0.25, -0.2) is 0 Å². The first-order valence-corrected chi connectivity index (χ1v) is 11.5. The molecular weight excluding hydrogens is 431 g/mol. The van der Waals surface area contributed by atoms with Crippen LogP contribution in [-0.2, 0) is 28.7 Å². The number of morpholine rings is 1. The quantitative estimate of drug-likeness (QED) is 0.705. The molecule has 2 aromatic carbocycles. The summed E-state index contributed by atoms with van der Waals surface area (Å²) < 4.78 is 45.6. The average Bonchev–Trinajstić information content (AvgIpc) is 2.83. The van der Waals surface area contributed by atoms with E-state index in [0.717, 1.165) is 24.8 Å². The van der Waals surface area contributed by atoms with Gasteiger partial charge in [-0.2, -0.15) is 13.2 Å². The molecule has 1 amide bonds. The maximum atomic E-state index is 13.6. The molecule has 3 aliphatic rings. The molecule has 0 aliphatic carbocycles. The van der Waals surface area contributed by atoms with Crippen LogP contribution in [0.3, 0.4) is 0 Å². The van der Waals surface area contributed by atoms with Crippen LogP contribution in [0.5, 0.6) is 0 Å². The molecule has 0 unspecified atom stereocenters. The number of benzene rings is 2. The highest BCUT2D eigenvalue weighted by Crippen LogP contribution is 2.40. The second-order valence-electron chi connectivity index (χ2n) is 9.07. The van der Waals surface area contributed by atoms with Gasteiger partial charge in [0.25, 0.3) is 0 Å².